The summed E-state index contributed by atoms with van der Waals surface area (Å²) in [7, 11) is 0. The fourth-order valence-corrected chi connectivity index (χ4v) is 6.80. The Hall–Kier alpha value is -5.04. The third-order valence-electron chi connectivity index (χ3n) is 10.5. The molecule has 2 fully saturated rings. The second kappa shape index (κ2) is 19.8. The van der Waals surface area contributed by atoms with Gasteiger partial charge in [0.25, 0.3) is 5.79 Å². The van der Waals surface area contributed by atoms with Gasteiger partial charge >= 0.3 is 29.0 Å². The molecule has 0 bridgehead atoms. The molecule has 0 radical (unpaired) electrons. The summed E-state index contributed by atoms with van der Waals surface area (Å²) in [6, 6.07) is 11.9. The van der Waals surface area contributed by atoms with E-state index in [4.69, 9.17) is 43.5 Å². The van der Waals surface area contributed by atoms with Crippen LogP contribution in [0, 0.1) is 25.7 Å². The number of ether oxygens (including phenoxy) is 3. The van der Waals surface area contributed by atoms with Crippen molar-refractivity contribution in [1.29, 1.82) is 0 Å². The molecule has 2 aliphatic heterocycles. The highest BCUT2D eigenvalue weighted by atomic mass is 16.7. The molecular formula is C40H50O21. The smallest absolute Gasteiger partial charge is 0.377 e. The molecule has 2 aromatic heterocycles. The largest absolute Gasteiger partial charge is 0.508 e. The number of aliphatic carboxylic acids is 2. The van der Waals surface area contributed by atoms with E-state index in [1.54, 1.807) is 25.1 Å². The number of fused-ring (bicyclic) bond motifs is 2. The van der Waals surface area contributed by atoms with Crippen LogP contribution >= 0.6 is 0 Å². The Labute approximate surface area is 345 Å². The van der Waals surface area contributed by atoms with Gasteiger partial charge in [0.1, 0.15) is 47.1 Å². The van der Waals surface area contributed by atoms with Crippen LogP contribution in [0.2, 0.25) is 0 Å². The van der Waals surface area contributed by atoms with Crippen LogP contribution in [0.1, 0.15) is 37.8 Å². The molecule has 2 saturated heterocycles. The van der Waals surface area contributed by atoms with E-state index in [-0.39, 0.29) is 17.1 Å². The Kier molecular flexibility index (Phi) is 15.8. The van der Waals surface area contributed by atoms with Crippen LogP contribution in [-0.2, 0) is 19.1 Å². The van der Waals surface area contributed by atoms with Gasteiger partial charge in [-0.1, -0.05) is 13.8 Å². The van der Waals surface area contributed by atoms with Crippen molar-refractivity contribution >= 4 is 33.9 Å². The number of aliphatic hydroxyl groups excluding tert-OH is 8. The average Bonchev–Trinajstić information content (AvgIpc) is 3.19. The van der Waals surface area contributed by atoms with Gasteiger partial charge in [0.2, 0.25) is 0 Å². The molecule has 2 aliphatic rings. The highest BCUT2D eigenvalue weighted by molar-refractivity contribution is 5.82. The lowest BCUT2D eigenvalue weighted by atomic mass is 9.84. The van der Waals surface area contributed by atoms with Crippen LogP contribution < -0.4 is 16.0 Å². The van der Waals surface area contributed by atoms with Gasteiger partial charge in [-0.15, -0.1) is 0 Å². The summed E-state index contributed by atoms with van der Waals surface area (Å²) in [4.78, 5) is 45.5. The third-order valence-corrected chi connectivity index (χ3v) is 10.5. The first-order valence-electron chi connectivity index (χ1n) is 18.8. The van der Waals surface area contributed by atoms with Crippen molar-refractivity contribution in [3.05, 3.63) is 80.5 Å². The summed E-state index contributed by atoms with van der Waals surface area (Å²) in [6.45, 7) is 5.00. The fraction of sp³-hybridized carbons (Fsp3) is 0.500. The maximum absolute atomic E-state index is 12.1. The molecule has 4 aromatic rings. The quantitative estimate of drug-likeness (QED) is 0.0835. The number of aromatic hydroxyl groups is 1. The molecule has 21 nitrogen and oxygen atoms in total. The van der Waals surface area contributed by atoms with Gasteiger partial charge in [-0.25, -0.2) is 19.2 Å². The monoisotopic (exact) mass is 866 g/mol. The van der Waals surface area contributed by atoms with Crippen LogP contribution in [-0.4, -0.2) is 147 Å². The molecule has 6 rings (SSSR count). The van der Waals surface area contributed by atoms with E-state index < -0.39 is 121 Å². The van der Waals surface area contributed by atoms with Crippen LogP contribution in [0.5, 0.6) is 11.5 Å². The predicted molar refractivity (Wildman–Crippen MR) is 207 cm³/mol. The van der Waals surface area contributed by atoms with Crippen molar-refractivity contribution in [2.45, 2.75) is 101 Å². The highest BCUT2D eigenvalue weighted by Crippen LogP contribution is 2.38. The molecule has 0 aliphatic carbocycles. The zero-order valence-electron chi connectivity index (χ0n) is 33.3. The Morgan fingerprint density at radius 1 is 0.721 bits per heavy atom. The maximum atomic E-state index is 12.1. The Balaban J connectivity index is 0.000000223. The number of hydrogen-bond donors (Lipinski definition) is 12. The number of phenols is 1. The fourth-order valence-electron chi connectivity index (χ4n) is 6.80. The molecule has 0 amide bonds. The summed E-state index contributed by atoms with van der Waals surface area (Å²) < 4.78 is 26.1. The lowest BCUT2D eigenvalue weighted by molar-refractivity contribution is -0.302. The van der Waals surface area contributed by atoms with Crippen molar-refractivity contribution in [1.82, 2.24) is 0 Å². The van der Waals surface area contributed by atoms with Crippen LogP contribution in [0.3, 0.4) is 0 Å². The van der Waals surface area contributed by atoms with E-state index in [1.807, 2.05) is 6.92 Å². The molecule has 12 atom stereocenters. The lowest BCUT2D eigenvalue weighted by Gasteiger charge is -2.45. The normalized spacial score (nSPS) is 28.3. The number of benzene rings is 2. The summed E-state index contributed by atoms with van der Waals surface area (Å²) in [5.41, 5.74) is 1.14. The van der Waals surface area contributed by atoms with E-state index in [0.717, 1.165) is 10.9 Å². The number of phenolic OH excluding ortho intramolecular Hbond substituents is 1. The molecule has 0 saturated carbocycles. The van der Waals surface area contributed by atoms with Gasteiger partial charge in [0, 0.05) is 53.3 Å². The maximum Gasteiger partial charge on any atom is 0.377 e. The van der Waals surface area contributed by atoms with Crippen LogP contribution in [0.4, 0.5) is 0 Å². The summed E-state index contributed by atoms with van der Waals surface area (Å²) in [5.74, 6) is -9.62. The minimum Gasteiger partial charge on any atom is -0.508 e. The molecule has 61 heavy (non-hydrogen) atoms. The summed E-state index contributed by atoms with van der Waals surface area (Å²) >= 11 is 0. The number of carboxylic acid groups (broad SMARTS) is 2. The van der Waals surface area contributed by atoms with Crippen molar-refractivity contribution in [2.24, 2.45) is 11.8 Å². The molecule has 12 N–H and O–H groups in total. The Bertz CT molecular complexity index is 2270. The summed E-state index contributed by atoms with van der Waals surface area (Å²) in [5, 5.41) is 116. The lowest BCUT2D eigenvalue weighted by Crippen LogP contribution is -2.62. The molecule has 2 unspecified atom stereocenters. The van der Waals surface area contributed by atoms with E-state index in [0.29, 0.717) is 16.5 Å². The van der Waals surface area contributed by atoms with E-state index >= 15 is 0 Å². The number of rotatable bonds is 10. The minimum atomic E-state index is -2.62. The first-order chi connectivity index (χ1) is 28.5. The van der Waals surface area contributed by atoms with Crippen LogP contribution in [0.25, 0.3) is 21.9 Å². The summed E-state index contributed by atoms with van der Waals surface area (Å²) in [6.07, 6.45) is -12.6. The second-order valence-corrected chi connectivity index (χ2v) is 15.0. The first-order valence-corrected chi connectivity index (χ1v) is 18.8. The standard InChI is InChI=1S/C20H24O10.C10H18O8.C10H8O3/c1-9-5-16(24)28-15-6-11(3-4-12(9)15)29-20(19(26)27)7-13(22)10(2)18(30-20)17(25)14(23)8-21;1-4-5(12)2-10(17,9(15)16)18-8(4)7(14)6(13)3-11;1-6-4-10(12)13-9-5-7(11)2-3-8(6)9/h3-6,10,13-14,17-18,21-23,25H,7-8H2,1-2H3,(H,26,27);4-8,11-14,17H,2-3H2,1H3,(H,15,16);2-5,11H,1H3/t10-,13-,14-,17-,18?,20-;4-,5-,6-,7-,8?,10-;/m11./s1. The zero-order chi connectivity index (χ0) is 45.7. The minimum absolute atomic E-state index is 0.00338. The number of aliphatic hydroxyl groups is 9. The first kappa shape index (κ1) is 48.6. The van der Waals surface area contributed by atoms with Gasteiger partial charge < -0.3 is 84.3 Å². The molecule has 2 aromatic carbocycles. The number of aryl methyl sites for hydroxylation is 2. The SMILES string of the molecule is C[C@H]1C([C@H](O)[C@H](O)CO)O[C@@](O)(C(=O)O)C[C@H]1O.Cc1cc(=O)oc2cc(O)ccc12.Cc1cc(=O)oc2cc(O[C@]3(C(=O)O)C[C@@H](O)[C@@H](C)C([C@H](O)[C@H](O)CO)O3)ccc12. The average molecular weight is 867 g/mol. The zero-order valence-corrected chi connectivity index (χ0v) is 33.3. The van der Waals surface area contributed by atoms with Crippen molar-refractivity contribution in [3.63, 3.8) is 0 Å². The van der Waals surface area contributed by atoms with Gasteiger partial charge in [0.15, 0.2) is 0 Å². The van der Waals surface area contributed by atoms with Gasteiger partial charge in [-0.2, -0.15) is 0 Å². The van der Waals surface area contributed by atoms with Crippen molar-refractivity contribution in [3.8, 4) is 11.5 Å². The Morgan fingerprint density at radius 2 is 1.18 bits per heavy atom. The van der Waals surface area contributed by atoms with Crippen LogP contribution in [0.15, 0.2) is 67.0 Å². The van der Waals surface area contributed by atoms with Crippen molar-refractivity contribution in [2.75, 3.05) is 13.2 Å². The molecule has 336 valence electrons. The molecule has 4 heterocycles. The number of hydrogen-bond acceptors (Lipinski definition) is 19. The number of carbonyl (C=O) groups is 2. The Morgan fingerprint density at radius 3 is 1.66 bits per heavy atom. The molecule has 0 spiro atoms. The van der Waals surface area contributed by atoms with E-state index in [9.17, 15) is 60.0 Å². The van der Waals surface area contributed by atoms with E-state index in [2.05, 4.69) is 0 Å². The predicted octanol–water partition coefficient (Wildman–Crippen LogP) is -1.17. The molecular weight excluding hydrogens is 816 g/mol. The highest BCUT2D eigenvalue weighted by Gasteiger charge is 2.55. The van der Waals surface area contributed by atoms with Gasteiger partial charge in [-0.05, 0) is 49.2 Å². The van der Waals surface area contributed by atoms with Gasteiger partial charge in [0.05, 0.1) is 44.1 Å². The molecule has 21 heteroatoms. The second-order valence-electron chi connectivity index (χ2n) is 15.0. The van der Waals surface area contributed by atoms with Gasteiger partial charge in [-0.3, -0.25) is 0 Å². The van der Waals surface area contributed by atoms with E-state index in [1.165, 1.54) is 44.2 Å². The topological polar surface area (TPSA) is 365 Å². The van der Waals surface area contributed by atoms with Crippen molar-refractivity contribution < 1.29 is 93.9 Å². The third kappa shape index (κ3) is 11.1. The number of carboxylic acids is 2.